The first-order valence-corrected chi connectivity index (χ1v) is 12.7. The van der Waals surface area contributed by atoms with Crippen LogP contribution in [0.2, 0.25) is 10.0 Å². The molecule has 0 saturated carbocycles. The van der Waals surface area contributed by atoms with E-state index in [4.69, 9.17) is 27.9 Å². The minimum absolute atomic E-state index is 0.0619. The molecule has 3 aromatic carbocycles. The predicted molar refractivity (Wildman–Crippen MR) is 133 cm³/mol. The molecule has 0 heterocycles. The van der Waals surface area contributed by atoms with Crippen LogP contribution in [0.15, 0.2) is 66.7 Å². The monoisotopic (exact) mass is 506 g/mol. The van der Waals surface area contributed by atoms with Gasteiger partial charge in [0.25, 0.3) is 5.91 Å². The first kappa shape index (κ1) is 24.9. The molecule has 0 unspecified atom stereocenters. The van der Waals surface area contributed by atoms with Crippen molar-refractivity contribution in [3.63, 3.8) is 0 Å². The summed E-state index contributed by atoms with van der Waals surface area (Å²) in [7, 11) is -3.61. The van der Waals surface area contributed by atoms with Crippen molar-refractivity contribution < 1.29 is 17.9 Å². The molecule has 0 atom stereocenters. The van der Waals surface area contributed by atoms with Crippen LogP contribution < -0.4 is 14.4 Å². The van der Waals surface area contributed by atoms with Crippen molar-refractivity contribution in [1.29, 1.82) is 0 Å². The van der Waals surface area contributed by atoms with Crippen LogP contribution in [0.4, 0.5) is 5.69 Å². The van der Waals surface area contributed by atoms with Crippen LogP contribution >= 0.6 is 23.2 Å². The Morgan fingerprint density at radius 2 is 1.76 bits per heavy atom. The van der Waals surface area contributed by atoms with E-state index in [0.717, 1.165) is 17.6 Å². The van der Waals surface area contributed by atoms with E-state index in [2.05, 4.69) is 5.32 Å². The van der Waals surface area contributed by atoms with Gasteiger partial charge in [0.2, 0.25) is 10.0 Å². The Hall–Kier alpha value is -2.74. The Bertz CT molecular complexity index is 1230. The first-order chi connectivity index (χ1) is 15.6. The maximum absolute atomic E-state index is 12.4. The van der Waals surface area contributed by atoms with E-state index < -0.39 is 10.0 Å². The molecule has 0 aliphatic heterocycles. The summed E-state index contributed by atoms with van der Waals surface area (Å²) in [5.74, 6) is 0.514. The molecule has 33 heavy (non-hydrogen) atoms. The van der Waals surface area contributed by atoms with Crippen LogP contribution in [0.3, 0.4) is 0 Å². The molecule has 0 saturated heterocycles. The molecule has 0 bridgehead atoms. The summed E-state index contributed by atoms with van der Waals surface area (Å²) in [5.41, 5.74) is 2.60. The van der Waals surface area contributed by atoms with Gasteiger partial charge < -0.3 is 10.1 Å². The van der Waals surface area contributed by atoms with E-state index in [1.807, 2.05) is 31.2 Å². The SMILES string of the molecule is Cc1cccc(OCCNC(=O)c2ccc(CN(c3ccc(Cl)cc3Cl)S(C)(=O)=O)cc2)c1. The molecule has 1 amide bonds. The third-order valence-electron chi connectivity index (χ3n) is 4.77. The summed E-state index contributed by atoms with van der Waals surface area (Å²) < 4.78 is 31.6. The van der Waals surface area contributed by atoms with Gasteiger partial charge in [0.05, 0.1) is 30.1 Å². The summed E-state index contributed by atoms with van der Waals surface area (Å²) in [5, 5.41) is 3.45. The van der Waals surface area contributed by atoms with E-state index in [1.54, 1.807) is 36.4 Å². The van der Waals surface area contributed by atoms with Crippen LogP contribution in [-0.2, 0) is 16.6 Å². The number of nitrogens with zero attached hydrogens (tertiary/aromatic N) is 1. The maximum atomic E-state index is 12.4. The summed E-state index contributed by atoms with van der Waals surface area (Å²) in [6.07, 6.45) is 1.11. The number of halogens is 2. The van der Waals surface area contributed by atoms with Crippen LogP contribution in [0.1, 0.15) is 21.5 Å². The Labute approximate surface area is 204 Å². The van der Waals surface area contributed by atoms with Crippen LogP contribution in [-0.4, -0.2) is 33.7 Å². The number of ether oxygens (including phenoxy) is 1. The third kappa shape index (κ3) is 7.12. The van der Waals surface area contributed by atoms with E-state index in [1.165, 1.54) is 10.4 Å². The summed E-state index contributed by atoms with van der Waals surface area (Å²) >= 11 is 12.1. The van der Waals surface area contributed by atoms with Gasteiger partial charge in [-0.25, -0.2) is 8.42 Å². The second-order valence-corrected chi connectivity index (χ2v) is 10.2. The van der Waals surface area contributed by atoms with E-state index >= 15 is 0 Å². The minimum atomic E-state index is -3.61. The van der Waals surface area contributed by atoms with Crippen molar-refractivity contribution in [2.24, 2.45) is 0 Å². The molecule has 3 aromatic rings. The second kappa shape index (κ2) is 10.9. The number of sulfonamides is 1. The maximum Gasteiger partial charge on any atom is 0.251 e. The van der Waals surface area contributed by atoms with Gasteiger partial charge in [-0.05, 0) is 60.5 Å². The molecule has 6 nitrogen and oxygen atoms in total. The molecular formula is C24H24Cl2N2O4S. The molecule has 3 rings (SSSR count). The molecule has 0 fully saturated rings. The fourth-order valence-corrected chi connectivity index (χ4v) is 4.59. The van der Waals surface area contributed by atoms with Crippen molar-refractivity contribution in [3.8, 4) is 5.75 Å². The van der Waals surface area contributed by atoms with Gasteiger partial charge in [-0.2, -0.15) is 0 Å². The highest BCUT2D eigenvalue weighted by Crippen LogP contribution is 2.31. The summed E-state index contributed by atoms with van der Waals surface area (Å²) in [4.78, 5) is 12.4. The topological polar surface area (TPSA) is 75.7 Å². The number of benzene rings is 3. The molecule has 1 N–H and O–H groups in total. The van der Waals surface area contributed by atoms with Crippen molar-refractivity contribution in [2.45, 2.75) is 13.5 Å². The average Bonchev–Trinajstić information content (AvgIpc) is 2.75. The van der Waals surface area contributed by atoms with E-state index in [-0.39, 0.29) is 17.5 Å². The number of carbonyl (C=O) groups is 1. The Kier molecular flexibility index (Phi) is 8.24. The summed E-state index contributed by atoms with van der Waals surface area (Å²) in [6, 6.07) is 19.0. The number of amides is 1. The number of anilines is 1. The smallest absolute Gasteiger partial charge is 0.251 e. The average molecular weight is 507 g/mol. The zero-order valence-electron chi connectivity index (χ0n) is 18.2. The van der Waals surface area contributed by atoms with Crippen LogP contribution in [0.25, 0.3) is 0 Å². The standard InChI is InChI=1S/C24H24Cl2N2O4S/c1-17-4-3-5-21(14-17)32-13-12-27-24(29)19-8-6-18(7-9-19)16-28(33(2,30)31)23-11-10-20(25)15-22(23)26/h3-11,14-15H,12-13,16H2,1-2H3,(H,27,29). The number of hydrogen-bond acceptors (Lipinski definition) is 4. The molecule has 0 aliphatic carbocycles. The Morgan fingerprint density at radius 1 is 1.03 bits per heavy atom. The Morgan fingerprint density at radius 3 is 2.39 bits per heavy atom. The third-order valence-corrected chi connectivity index (χ3v) is 6.43. The molecule has 0 radical (unpaired) electrons. The van der Waals surface area contributed by atoms with Gasteiger partial charge >= 0.3 is 0 Å². The number of carbonyl (C=O) groups excluding carboxylic acids is 1. The lowest BCUT2D eigenvalue weighted by molar-refractivity contribution is 0.0947. The Balaban J connectivity index is 1.60. The minimum Gasteiger partial charge on any atom is -0.492 e. The molecule has 0 aliphatic rings. The molecule has 0 spiro atoms. The van der Waals surface area contributed by atoms with Crippen LogP contribution in [0, 0.1) is 6.92 Å². The fourth-order valence-electron chi connectivity index (χ4n) is 3.13. The van der Waals surface area contributed by atoms with Crippen LogP contribution in [0.5, 0.6) is 5.75 Å². The highest BCUT2D eigenvalue weighted by molar-refractivity contribution is 7.92. The summed E-state index contributed by atoms with van der Waals surface area (Å²) in [6.45, 7) is 2.74. The first-order valence-electron chi connectivity index (χ1n) is 10.1. The van der Waals surface area contributed by atoms with E-state index in [0.29, 0.717) is 35.0 Å². The lowest BCUT2D eigenvalue weighted by Gasteiger charge is -2.23. The predicted octanol–water partition coefficient (Wildman–Crippen LogP) is 5.08. The number of nitrogens with one attached hydrogen (secondary N) is 1. The van der Waals surface area contributed by atoms with Gasteiger partial charge in [-0.1, -0.05) is 47.5 Å². The van der Waals surface area contributed by atoms with Gasteiger partial charge in [0.1, 0.15) is 12.4 Å². The number of aryl methyl sites for hydroxylation is 1. The van der Waals surface area contributed by atoms with Gasteiger partial charge in [0, 0.05) is 10.6 Å². The number of rotatable bonds is 9. The molecule has 9 heteroatoms. The van der Waals surface area contributed by atoms with Gasteiger partial charge in [-0.15, -0.1) is 0 Å². The van der Waals surface area contributed by atoms with Gasteiger partial charge in [-0.3, -0.25) is 9.10 Å². The van der Waals surface area contributed by atoms with Crippen molar-refractivity contribution >= 4 is 44.8 Å². The van der Waals surface area contributed by atoms with Crippen molar-refractivity contribution in [3.05, 3.63) is 93.5 Å². The van der Waals surface area contributed by atoms with Crippen molar-refractivity contribution in [1.82, 2.24) is 5.32 Å². The lowest BCUT2D eigenvalue weighted by Crippen LogP contribution is -2.30. The van der Waals surface area contributed by atoms with Gasteiger partial charge in [0.15, 0.2) is 0 Å². The largest absolute Gasteiger partial charge is 0.492 e. The highest BCUT2D eigenvalue weighted by Gasteiger charge is 2.21. The van der Waals surface area contributed by atoms with E-state index in [9.17, 15) is 13.2 Å². The fraction of sp³-hybridized carbons (Fsp3) is 0.208. The molecular weight excluding hydrogens is 483 g/mol. The zero-order chi connectivity index (χ0) is 24.0. The number of hydrogen-bond donors (Lipinski definition) is 1. The molecule has 174 valence electrons. The second-order valence-electron chi connectivity index (χ2n) is 7.48. The van der Waals surface area contributed by atoms with Crippen molar-refractivity contribution in [2.75, 3.05) is 23.7 Å². The normalized spacial score (nSPS) is 11.2. The lowest BCUT2D eigenvalue weighted by atomic mass is 10.1. The molecule has 0 aromatic heterocycles. The highest BCUT2D eigenvalue weighted by atomic mass is 35.5. The quantitative estimate of drug-likeness (QED) is 0.410. The zero-order valence-corrected chi connectivity index (χ0v) is 20.5.